The van der Waals surface area contributed by atoms with Crippen molar-refractivity contribution >= 4 is 23.9 Å². The number of carbonyl (C=O) groups excluding carboxylic acids is 4. The van der Waals surface area contributed by atoms with E-state index in [0.29, 0.717) is 0 Å². The number of rotatable bonds is 10. The maximum atomic E-state index is 13.0. The van der Waals surface area contributed by atoms with Gasteiger partial charge in [0.25, 0.3) is 0 Å². The Labute approximate surface area is 234 Å². The predicted octanol–water partition coefficient (Wildman–Crippen LogP) is 3.03. The zero-order chi connectivity index (χ0) is 31.5. The van der Waals surface area contributed by atoms with Crippen LogP contribution in [0.15, 0.2) is 0 Å². The molecule has 0 unspecified atom stereocenters. The van der Waals surface area contributed by atoms with Crippen LogP contribution in [0.25, 0.3) is 0 Å². The lowest BCUT2D eigenvalue weighted by Crippen LogP contribution is -2.79. The van der Waals surface area contributed by atoms with Crippen LogP contribution in [0.2, 0.25) is 0 Å². The molecule has 11 nitrogen and oxygen atoms in total. The minimum absolute atomic E-state index is 0.557. The molecule has 0 aliphatic carbocycles. The Morgan fingerprint density at radius 3 is 0.692 bits per heavy atom. The van der Waals surface area contributed by atoms with Crippen molar-refractivity contribution in [2.75, 3.05) is 0 Å². The van der Waals surface area contributed by atoms with E-state index in [1.807, 2.05) is 0 Å². The Morgan fingerprint density at radius 1 is 0.410 bits per heavy atom. The first-order valence-corrected chi connectivity index (χ1v) is 13.1. The molecule has 6 N–H and O–H groups in total. The minimum Gasteiger partial charge on any atom is -0.460 e. The highest BCUT2D eigenvalue weighted by Gasteiger charge is 2.59. The molecule has 0 aromatic heterocycles. The summed E-state index contributed by atoms with van der Waals surface area (Å²) in [5.41, 5.74) is 11.2. The lowest BCUT2D eigenvalue weighted by atomic mass is 9.61. The fourth-order valence-electron chi connectivity index (χ4n) is 3.90. The van der Waals surface area contributed by atoms with Crippen LogP contribution in [0.1, 0.15) is 116 Å². The standard InChI is InChI=1S/C28H53N3O8/c1-22(2,3)36-18(32)14-27(30,15-19(33)37-23(4,5)6)26(13,29)28(31,16-20(34)38-24(7,8)9)17-21(35)39-25(10,11)12/h14-17,29-31H2,1-13H3. The van der Waals surface area contributed by atoms with Crippen LogP contribution in [0.3, 0.4) is 0 Å². The summed E-state index contributed by atoms with van der Waals surface area (Å²) in [6.07, 6.45) is -2.23. The van der Waals surface area contributed by atoms with Gasteiger partial charge in [-0.05, 0) is 90.0 Å². The third-order valence-electron chi connectivity index (χ3n) is 5.59. The van der Waals surface area contributed by atoms with Gasteiger partial charge >= 0.3 is 23.9 Å². The van der Waals surface area contributed by atoms with Crippen LogP contribution in [-0.4, -0.2) is 62.9 Å². The molecule has 0 aliphatic heterocycles. The normalized spacial score (nSPS) is 13.9. The number of hydrogen-bond donors (Lipinski definition) is 3. The summed E-state index contributed by atoms with van der Waals surface area (Å²) < 4.78 is 21.9. The molecule has 0 bridgehead atoms. The van der Waals surface area contributed by atoms with E-state index in [2.05, 4.69) is 0 Å². The van der Waals surface area contributed by atoms with Gasteiger partial charge in [0.1, 0.15) is 22.4 Å². The summed E-state index contributed by atoms with van der Waals surface area (Å²) in [7, 11) is 0. The van der Waals surface area contributed by atoms with Gasteiger partial charge in [-0.15, -0.1) is 0 Å². The maximum Gasteiger partial charge on any atom is 0.308 e. The van der Waals surface area contributed by atoms with Gasteiger partial charge in [-0.1, -0.05) is 0 Å². The van der Waals surface area contributed by atoms with E-state index < -0.39 is 88.6 Å². The van der Waals surface area contributed by atoms with Crippen molar-refractivity contribution in [3.05, 3.63) is 0 Å². The number of esters is 4. The monoisotopic (exact) mass is 559 g/mol. The molecule has 0 rings (SSSR count). The van der Waals surface area contributed by atoms with Gasteiger partial charge in [-0.2, -0.15) is 0 Å². The second-order valence-electron chi connectivity index (χ2n) is 14.6. The molecule has 0 spiro atoms. The Hall–Kier alpha value is -2.24. The summed E-state index contributed by atoms with van der Waals surface area (Å²) in [5, 5.41) is 0. The third-order valence-corrected chi connectivity index (χ3v) is 5.59. The van der Waals surface area contributed by atoms with E-state index in [-0.39, 0.29) is 0 Å². The fourth-order valence-corrected chi connectivity index (χ4v) is 3.90. The highest BCUT2D eigenvalue weighted by Crippen LogP contribution is 2.39. The number of hydrogen-bond acceptors (Lipinski definition) is 11. The molecule has 11 heteroatoms. The van der Waals surface area contributed by atoms with Gasteiger partial charge in [0, 0.05) is 0 Å². The van der Waals surface area contributed by atoms with E-state index in [9.17, 15) is 19.2 Å². The number of ether oxygens (including phenoxy) is 4. The van der Waals surface area contributed by atoms with Gasteiger partial charge in [-0.25, -0.2) is 0 Å². The molecule has 0 saturated heterocycles. The molecule has 0 atom stereocenters. The van der Waals surface area contributed by atoms with E-state index in [1.165, 1.54) is 6.92 Å². The zero-order valence-electron chi connectivity index (χ0n) is 26.3. The molecule has 0 heterocycles. The van der Waals surface area contributed by atoms with Crippen LogP contribution in [0, 0.1) is 0 Å². The average molecular weight is 560 g/mol. The van der Waals surface area contributed by atoms with Crippen molar-refractivity contribution in [3.8, 4) is 0 Å². The lowest BCUT2D eigenvalue weighted by Gasteiger charge is -2.53. The van der Waals surface area contributed by atoms with Crippen molar-refractivity contribution in [2.45, 2.75) is 155 Å². The third kappa shape index (κ3) is 13.1. The van der Waals surface area contributed by atoms with Gasteiger partial charge in [0.05, 0.1) is 42.3 Å². The first-order chi connectivity index (χ1) is 16.9. The Balaban J connectivity index is 6.82. The quantitative estimate of drug-likeness (QED) is 0.264. The van der Waals surface area contributed by atoms with Crippen LogP contribution in [0.5, 0.6) is 0 Å². The van der Waals surface area contributed by atoms with Crippen molar-refractivity contribution in [1.82, 2.24) is 0 Å². The summed E-state index contributed by atoms with van der Waals surface area (Å²) in [6, 6.07) is 0. The molecule has 228 valence electrons. The molecule has 0 saturated carbocycles. The molecule has 0 aromatic carbocycles. The first-order valence-electron chi connectivity index (χ1n) is 13.1. The van der Waals surface area contributed by atoms with Crippen LogP contribution < -0.4 is 17.2 Å². The van der Waals surface area contributed by atoms with Gasteiger partial charge in [-0.3, -0.25) is 19.2 Å². The smallest absolute Gasteiger partial charge is 0.308 e. The van der Waals surface area contributed by atoms with Crippen LogP contribution in [0.4, 0.5) is 0 Å². The highest BCUT2D eigenvalue weighted by atomic mass is 16.6. The Kier molecular flexibility index (Phi) is 11.4. The molecule has 39 heavy (non-hydrogen) atoms. The van der Waals surface area contributed by atoms with Crippen molar-refractivity contribution in [1.29, 1.82) is 0 Å². The molecule has 0 fully saturated rings. The van der Waals surface area contributed by atoms with E-state index in [0.717, 1.165) is 0 Å². The predicted molar refractivity (Wildman–Crippen MR) is 148 cm³/mol. The fraction of sp³-hybridized carbons (Fsp3) is 0.857. The highest BCUT2D eigenvalue weighted by molar-refractivity contribution is 5.79. The van der Waals surface area contributed by atoms with Gasteiger partial charge in [0.15, 0.2) is 0 Å². The second-order valence-corrected chi connectivity index (χ2v) is 14.6. The largest absolute Gasteiger partial charge is 0.460 e. The van der Waals surface area contributed by atoms with E-state index in [1.54, 1.807) is 83.1 Å². The molecular weight excluding hydrogens is 506 g/mol. The molecule has 0 aliphatic rings. The first kappa shape index (κ1) is 36.8. The van der Waals surface area contributed by atoms with E-state index in [4.69, 9.17) is 36.1 Å². The Morgan fingerprint density at radius 2 is 0.564 bits per heavy atom. The van der Waals surface area contributed by atoms with Crippen LogP contribution >= 0.6 is 0 Å². The van der Waals surface area contributed by atoms with Crippen molar-refractivity contribution in [3.63, 3.8) is 0 Å². The number of nitrogens with two attached hydrogens (primary N) is 3. The second kappa shape index (κ2) is 12.1. The van der Waals surface area contributed by atoms with E-state index >= 15 is 0 Å². The molecular formula is C28H53N3O8. The molecule has 0 radical (unpaired) electrons. The lowest BCUT2D eigenvalue weighted by molar-refractivity contribution is -0.163. The SMILES string of the molecule is CC(C)(C)OC(=O)CC(N)(CC(=O)OC(C)(C)C)C(C)(N)C(N)(CC(=O)OC(C)(C)C)CC(=O)OC(C)(C)C. The minimum atomic E-state index is -1.92. The average Bonchev–Trinajstić information content (AvgIpc) is 2.53. The van der Waals surface area contributed by atoms with Gasteiger partial charge in [0.2, 0.25) is 0 Å². The Bertz CT molecular complexity index is 768. The topological polar surface area (TPSA) is 183 Å². The van der Waals surface area contributed by atoms with Crippen molar-refractivity contribution in [2.24, 2.45) is 17.2 Å². The summed E-state index contributed by atoms with van der Waals surface area (Å²) in [6.45, 7) is 21.5. The van der Waals surface area contributed by atoms with Gasteiger partial charge < -0.3 is 36.1 Å². The summed E-state index contributed by atoms with van der Waals surface area (Å²) in [4.78, 5) is 52.0. The summed E-state index contributed by atoms with van der Waals surface area (Å²) >= 11 is 0. The van der Waals surface area contributed by atoms with Crippen molar-refractivity contribution < 1.29 is 38.1 Å². The maximum absolute atomic E-state index is 13.0. The molecule has 0 amide bonds. The summed E-state index contributed by atoms with van der Waals surface area (Å²) in [5.74, 6) is -2.99. The van der Waals surface area contributed by atoms with Crippen LogP contribution in [-0.2, 0) is 38.1 Å². The number of carbonyl (C=O) groups is 4. The zero-order valence-corrected chi connectivity index (χ0v) is 26.3. The molecule has 0 aromatic rings.